The number of nitrogens with one attached hydrogen (secondary N) is 1. The van der Waals surface area contributed by atoms with Gasteiger partial charge in [-0.15, -0.1) is 6.58 Å². The molecule has 0 aromatic heterocycles. The quantitative estimate of drug-likeness (QED) is 0.454. The van der Waals surface area contributed by atoms with E-state index in [-0.39, 0.29) is 31.5 Å². The zero-order valence-electron chi connectivity index (χ0n) is 20.7. The molecule has 37 heavy (non-hydrogen) atoms. The van der Waals surface area contributed by atoms with Crippen LogP contribution in [-0.2, 0) is 33.9 Å². The van der Waals surface area contributed by atoms with E-state index >= 15 is 0 Å². The van der Waals surface area contributed by atoms with Crippen molar-refractivity contribution in [1.82, 2.24) is 15.1 Å². The average Bonchev–Trinajstić information content (AvgIpc) is 3.01. The Bertz CT molecular complexity index is 1200. The summed E-state index contributed by atoms with van der Waals surface area (Å²) in [4.78, 5) is 43.5. The van der Waals surface area contributed by atoms with Crippen molar-refractivity contribution in [3.63, 3.8) is 0 Å². The molecule has 1 unspecified atom stereocenters. The van der Waals surface area contributed by atoms with Gasteiger partial charge in [-0.3, -0.25) is 9.59 Å². The fraction of sp³-hybridized carbons (Fsp3) is 0.233. The lowest BCUT2D eigenvalue weighted by Crippen LogP contribution is -2.52. The Balaban J connectivity index is 1.59. The van der Waals surface area contributed by atoms with E-state index < -0.39 is 18.2 Å². The molecular weight excluding hydrogens is 466 g/mol. The number of hydrogen-bond donors (Lipinski definition) is 1. The fourth-order valence-corrected chi connectivity index (χ4v) is 4.44. The summed E-state index contributed by atoms with van der Waals surface area (Å²) in [7, 11) is 0. The topological polar surface area (TPSA) is 79.0 Å². The summed E-state index contributed by atoms with van der Waals surface area (Å²) in [6.45, 7) is 4.40. The van der Waals surface area contributed by atoms with Gasteiger partial charge in [-0.1, -0.05) is 97.1 Å². The number of benzene rings is 3. The van der Waals surface area contributed by atoms with Crippen LogP contribution in [0.2, 0.25) is 0 Å². The maximum absolute atomic E-state index is 13.9. The van der Waals surface area contributed by atoms with Crippen LogP contribution in [0.5, 0.6) is 0 Å². The molecule has 1 heterocycles. The smallest absolute Gasteiger partial charge is 0.408 e. The van der Waals surface area contributed by atoms with E-state index in [2.05, 4.69) is 11.9 Å². The zero-order chi connectivity index (χ0) is 26.0. The molecule has 0 radical (unpaired) electrons. The van der Waals surface area contributed by atoms with Crippen molar-refractivity contribution in [2.75, 3.05) is 13.1 Å². The number of hydrogen-bond acceptors (Lipinski definition) is 4. The molecule has 1 saturated heterocycles. The first-order chi connectivity index (χ1) is 18.0. The third-order valence-corrected chi connectivity index (χ3v) is 6.28. The summed E-state index contributed by atoms with van der Waals surface area (Å²) >= 11 is 0. The van der Waals surface area contributed by atoms with Crippen molar-refractivity contribution >= 4 is 17.9 Å². The van der Waals surface area contributed by atoms with E-state index in [0.717, 1.165) is 16.7 Å². The number of carbonyl (C=O) groups excluding carboxylic acids is 3. The van der Waals surface area contributed by atoms with Gasteiger partial charge in [0, 0.05) is 19.5 Å². The van der Waals surface area contributed by atoms with Crippen molar-refractivity contribution in [3.05, 3.63) is 120 Å². The van der Waals surface area contributed by atoms with Gasteiger partial charge in [-0.05, 0) is 16.7 Å². The predicted octanol–water partition coefficient (Wildman–Crippen LogP) is 3.95. The number of carbonyl (C=O) groups is 3. The summed E-state index contributed by atoms with van der Waals surface area (Å²) in [5.41, 5.74) is 2.71. The molecular formula is C30H31N3O4. The predicted molar refractivity (Wildman–Crippen MR) is 141 cm³/mol. The van der Waals surface area contributed by atoms with E-state index in [4.69, 9.17) is 4.74 Å². The average molecular weight is 498 g/mol. The van der Waals surface area contributed by atoms with Crippen LogP contribution in [0.3, 0.4) is 0 Å². The largest absolute Gasteiger partial charge is 0.445 e. The Morgan fingerprint density at radius 2 is 1.43 bits per heavy atom. The Labute approximate surface area is 217 Å². The molecule has 0 spiro atoms. The lowest BCUT2D eigenvalue weighted by molar-refractivity contribution is -0.141. The minimum absolute atomic E-state index is 0.0337. The second-order valence-electron chi connectivity index (χ2n) is 8.95. The van der Waals surface area contributed by atoms with Gasteiger partial charge < -0.3 is 19.9 Å². The van der Waals surface area contributed by atoms with Crippen LogP contribution >= 0.6 is 0 Å². The molecule has 0 saturated carbocycles. The van der Waals surface area contributed by atoms with E-state index in [9.17, 15) is 14.4 Å². The number of alkyl carbamates (subject to hydrolysis) is 1. The monoisotopic (exact) mass is 497 g/mol. The fourth-order valence-electron chi connectivity index (χ4n) is 4.44. The van der Waals surface area contributed by atoms with E-state index in [1.165, 1.54) is 4.90 Å². The van der Waals surface area contributed by atoms with E-state index in [0.29, 0.717) is 13.0 Å². The molecule has 1 fully saturated rings. The maximum atomic E-state index is 13.9. The van der Waals surface area contributed by atoms with Crippen molar-refractivity contribution < 1.29 is 19.1 Å². The van der Waals surface area contributed by atoms with E-state index in [1.54, 1.807) is 11.0 Å². The minimum Gasteiger partial charge on any atom is -0.445 e. The Kier molecular flexibility index (Phi) is 8.70. The van der Waals surface area contributed by atoms with Gasteiger partial charge in [-0.25, -0.2) is 4.79 Å². The van der Waals surface area contributed by atoms with E-state index in [1.807, 2.05) is 91.0 Å². The van der Waals surface area contributed by atoms with Crippen molar-refractivity contribution in [1.29, 1.82) is 0 Å². The third kappa shape index (κ3) is 6.85. The normalized spacial score (nSPS) is 17.7. The lowest BCUT2D eigenvalue weighted by Gasteiger charge is -2.30. The van der Waals surface area contributed by atoms with Crippen molar-refractivity contribution in [3.8, 4) is 0 Å². The number of ether oxygens (including phenoxy) is 1. The number of amides is 3. The van der Waals surface area contributed by atoms with Crippen LogP contribution in [0.4, 0.5) is 4.79 Å². The SMILES string of the molecule is C=CCN1C(=O)C(NC(=O)OCc2ccccc2)CN(Cc2ccccc2)C(=O)[C@@H]1Cc1ccccc1. The first kappa shape index (κ1) is 25.7. The lowest BCUT2D eigenvalue weighted by atomic mass is 10.0. The summed E-state index contributed by atoms with van der Waals surface area (Å²) < 4.78 is 5.37. The summed E-state index contributed by atoms with van der Waals surface area (Å²) in [6, 6.07) is 26.8. The molecule has 4 rings (SSSR count). The zero-order valence-corrected chi connectivity index (χ0v) is 20.7. The molecule has 3 aromatic carbocycles. The van der Waals surface area contributed by atoms with Crippen LogP contribution in [0.15, 0.2) is 104 Å². The van der Waals surface area contributed by atoms with Gasteiger partial charge in [-0.2, -0.15) is 0 Å². The number of nitrogens with zero attached hydrogens (tertiary/aromatic N) is 2. The van der Waals surface area contributed by atoms with Crippen LogP contribution < -0.4 is 5.32 Å². The Hall–Kier alpha value is -4.39. The molecule has 1 N–H and O–H groups in total. The van der Waals surface area contributed by atoms with Gasteiger partial charge in [0.05, 0.1) is 6.54 Å². The molecule has 1 aliphatic rings. The second kappa shape index (κ2) is 12.5. The van der Waals surface area contributed by atoms with Gasteiger partial charge in [0.2, 0.25) is 11.8 Å². The third-order valence-electron chi connectivity index (χ3n) is 6.28. The first-order valence-electron chi connectivity index (χ1n) is 12.3. The van der Waals surface area contributed by atoms with Crippen LogP contribution in [0.25, 0.3) is 0 Å². The molecule has 7 heteroatoms. The summed E-state index contributed by atoms with van der Waals surface area (Å²) in [6.07, 6.45) is 1.24. The highest BCUT2D eigenvalue weighted by Gasteiger charge is 2.41. The van der Waals surface area contributed by atoms with Crippen LogP contribution in [-0.4, -0.2) is 52.9 Å². The summed E-state index contributed by atoms with van der Waals surface area (Å²) in [5, 5.41) is 2.71. The van der Waals surface area contributed by atoms with Crippen LogP contribution in [0, 0.1) is 0 Å². The first-order valence-corrected chi connectivity index (χ1v) is 12.3. The molecule has 2 atom stereocenters. The molecule has 3 aromatic rings. The minimum atomic E-state index is -0.961. The van der Waals surface area contributed by atoms with Gasteiger partial charge >= 0.3 is 6.09 Å². The Morgan fingerprint density at radius 3 is 2.03 bits per heavy atom. The van der Waals surface area contributed by atoms with Gasteiger partial charge in [0.25, 0.3) is 0 Å². The molecule has 0 aliphatic carbocycles. The highest BCUT2D eigenvalue weighted by molar-refractivity contribution is 5.94. The summed E-state index contributed by atoms with van der Waals surface area (Å²) in [5.74, 6) is -0.522. The molecule has 1 aliphatic heterocycles. The second-order valence-corrected chi connectivity index (χ2v) is 8.95. The van der Waals surface area contributed by atoms with Crippen LogP contribution in [0.1, 0.15) is 16.7 Å². The molecule has 0 bridgehead atoms. The number of rotatable bonds is 9. The highest BCUT2D eigenvalue weighted by atomic mass is 16.5. The molecule has 3 amide bonds. The maximum Gasteiger partial charge on any atom is 0.408 e. The molecule has 190 valence electrons. The van der Waals surface area contributed by atoms with Gasteiger partial charge in [0.15, 0.2) is 0 Å². The standard InChI is InChI=1S/C30H31N3O4/c1-2-18-33-27(19-23-12-6-3-7-13-23)29(35)32(20-24-14-8-4-9-15-24)21-26(28(33)34)31-30(36)37-22-25-16-10-5-11-17-25/h2-17,26-27H,1,18-22H2,(H,31,36)/t26?,27-/m0/s1. The molecule has 7 nitrogen and oxygen atoms in total. The van der Waals surface area contributed by atoms with Crippen molar-refractivity contribution in [2.45, 2.75) is 31.7 Å². The highest BCUT2D eigenvalue weighted by Crippen LogP contribution is 2.20. The Morgan fingerprint density at radius 1 is 0.865 bits per heavy atom. The van der Waals surface area contributed by atoms with Crippen molar-refractivity contribution in [2.24, 2.45) is 0 Å². The van der Waals surface area contributed by atoms with Gasteiger partial charge in [0.1, 0.15) is 18.7 Å².